The van der Waals surface area contributed by atoms with E-state index in [0.29, 0.717) is 6.04 Å². The number of rotatable bonds is 3. The number of aryl methyl sites for hydroxylation is 1. The number of nitrogens with zero attached hydrogens (tertiary/aromatic N) is 1. The first kappa shape index (κ1) is 10.7. The zero-order chi connectivity index (χ0) is 11.8. The number of nitrogens with one attached hydrogen (secondary N) is 1. The van der Waals surface area contributed by atoms with Gasteiger partial charge in [0.1, 0.15) is 5.82 Å². The molecule has 1 aliphatic rings. The Morgan fingerprint density at radius 3 is 2.94 bits per heavy atom. The van der Waals surface area contributed by atoms with Crippen LogP contribution in [-0.4, -0.2) is 11.0 Å². The number of hydrogen-bond acceptors (Lipinski definition) is 3. The predicted molar refractivity (Wildman–Crippen MR) is 68.9 cm³/mol. The third-order valence-corrected chi connectivity index (χ3v) is 3.70. The van der Waals surface area contributed by atoms with Crippen LogP contribution in [0, 0.1) is 12.7 Å². The second kappa shape index (κ2) is 4.11. The number of anilines is 1. The van der Waals surface area contributed by atoms with E-state index in [2.05, 4.69) is 10.3 Å². The van der Waals surface area contributed by atoms with Crippen LogP contribution in [0.1, 0.15) is 17.7 Å². The SMILES string of the molecule is Cc1sc(NC2CC2)nc1-c1cccc(F)c1. The van der Waals surface area contributed by atoms with Crippen LogP contribution in [0.2, 0.25) is 0 Å². The van der Waals surface area contributed by atoms with Crippen molar-refractivity contribution in [2.24, 2.45) is 0 Å². The Morgan fingerprint density at radius 1 is 1.41 bits per heavy atom. The lowest BCUT2D eigenvalue weighted by Crippen LogP contribution is -1.99. The van der Waals surface area contributed by atoms with Crippen LogP contribution in [0.25, 0.3) is 11.3 Å². The van der Waals surface area contributed by atoms with Gasteiger partial charge in [0, 0.05) is 16.5 Å². The molecule has 0 spiro atoms. The Balaban J connectivity index is 1.93. The summed E-state index contributed by atoms with van der Waals surface area (Å²) in [5, 5.41) is 4.32. The van der Waals surface area contributed by atoms with Crippen LogP contribution < -0.4 is 5.32 Å². The summed E-state index contributed by atoms with van der Waals surface area (Å²) in [6.07, 6.45) is 2.46. The summed E-state index contributed by atoms with van der Waals surface area (Å²) < 4.78 is 13.2. The second-order valence-corrected chi connectivity index (χ2v) is 5.56. The van der Waals surface area contributed by atoms with E-state index in [0.717, 1.165) is 21.3 Å². The van der Waals surface area contributed by atoms with E-state index in [4.69, 9.17) is 0 Å². The zero-order valence-electron chi connectivity index (χ0n) is 9.53. The molecule has 0 aliphatic heterocycles. The summed E-state index contributed by atoms with van der Waals surface area (Å²) in [5.74, 6) is -0.216. The Hall–Kier alpha value is -1.42. The van der Waals surface area contributed by atoms with Crippen molar-refractivity contribution in [3.63, 3.8) is 0 Å². The Labute approximate surface area is 104 Å². The van der Waals surface area contributed by atoms with E-state index in [1.54, 1.807) is 17.4 Å². The molecule has 2 nitrogen and oxygen atoms in total. The summed E-state index contributed by atoms with van der Waals surface area (Å²) in [4.78, 5) is 5.67. The lowest BCUT2D eigenvalue weighted by molar-refractivity contribution is 0.628. The molecule has 1 N–H and O–H groups in total. The van der Waals surface area contributed by atoms with Crippen molar-refractivity contribution in [3.8, 4) is 11.3 Å². The quantitative estimate of drug-likeness (QED) is 0.892. The van der Waals surface area contributed by atoms with Gasteiger partial charge in [-0.3, -0.25) is 0 Å². The van der Waals surface area contributed by atoms with Gasteiger partial charge < -0.3 is 5.32 Å². The summed E-state index contributed by atoms with van der Waals surface area (Å²) >= 11 is 1.64. The van der Waals surface area contributed by atoms with Gasteiger partial charge in [0.05, 0.1) is 5.69 Å². The first-order valence-corrected chi connectivity index (χ1v) is 6.54. The number of aromatic nitrogens is 1. The first-order valence-electron chi connectivity index (χ1n) is 5.72. The molecule has 1 heterocycles. The Bertz CT molecular complexity index is 546. The standard InChI is InChI=1S/C13H13FN2S/c1-8-12(9-3-2-4-10(14)7-9)16-13(17-8)15-11-5-6-11/h2-4,7,11H,5-6H2,1H3,(H,15,16). The highest BCUT2D eigenvalue weighted by molar-refractivity contribution is 7.16. The molecule has 0 saturated heterocycles. The molecule has 1 aromatic heterocycles. The molecule has 1 aliphatic carbocycles. The molecular formula is C13H13FN2S. The molecule has 0 amide bonds. The molecule has 0 bridgehead atoms. The van der Waals surface area contributed by atoms with Gasteiger partial charge in [-0.2, -0.15) is 0 Å². The zero-order valence-corrected chi connectivity index (χ0v) is 10.4. The minimum Gasteiger partial charge on any atom is -0.359 e. The van der Waals surface area contributed by atoms with Gasteiger partial charge in [-0.1, -0.05) is 12.1 Å². The molecule has 1 aromatic carbocycles. The minimum absolute atomic E-state index is 0.216. The van der Waals surface area contributed by atoms with Crippen molar-refractivity contribution >= 4 is 16.5 Å². The maximum absolute atomic E-state index is 13.2. The summed E-state index contributed by atoms with van der Waals surface area (Å²) in [6.45, 7) is 2.02. The van der Waals surface area contributed by atoms with E-state index < -0.39 is 0 Å². The molecule has 1 fully saturated rings. The highest BCUT2D eigenvalue weighted by atomic mass is 32.1. The third-order valence-electron chi connectivity index (χ3n) is 2.80. The van der Waals surface area contributed by atoms with Gasteiger partial charge in [-0.15, -0.1) is 11.3 Å². The average molecular weight is 248 g/mol. The summed E-state index contributed by atoms with van der Waals surface area (Å²) in [5.41, 5.74) is 1.74. The summed E-state index contributed by atoms with van der Waals surface area (Å²) in [6, 6.07) is 7.20. The van der Waals surface area contributed by atoms with Crippen LogP contribution in [0.15, 0.2) is 24.3 Å². The lowest BCUT2D eigenvalue weighted by atomic mass is 10.1. The van der Waals surface area contributed by atoms with Crippen LogP contribution in [0.5, 0.6) is 0 Å². The molecule has 1 saturated carbocycles. The molecule has 0 radical (unpaired) electrons. The normalized spacial score (nSPS) is 14.9. The van der Waals surface area contributed by atoms with Gasteiger partial charge in [0.15, 0.2) is 5.13 Å². The van der Waals surface area contributed by atoms with E-state index in [1.807, 2.05) is 13.0 Å². The van der Waals surface area contributed by atoms with Crippen LogP contribution in [0.3, 0.4) is 0 Å². The molecule has 88 valence electrons. The summed E-state index contributed by atoms with van der Waals surface area (Å²) in [7, 11) is 0. The molecule has 0 unspecified atom stereocenters. The van der Waals surface area contributed by atoms with E-state index in [9.17, 15) is 4.39 Å². The van der Waals surface area contributed by atoms with Crippen LogP contribution in [-0.2, 0) is 0 Å². The molecule has 4 heteroatoms. The van der Waals surface area contributed by atoms with Gasteiger partial charge in [-0.25, -0.2) is 9.37 Å². The predicted octanol–water partition coefficient (Wildman–Crippen LogP) is 3.83. The van der Waals surface area contributed by atoms with Gasteiger partial charge in [0.25, 0.3) is 0 Å². The minimum atomic E-state index is -0.216. The lowest BCUT2D eigenvalue weighted by Gasteiger charge is -1.98. The van der Waals surface area contributed by atoms with Gasteiger partial charge in [0.2, 0.25) is 0 Å². The molecule has 2 aromatic rings. The maximum Gasteiger partial charge on any atom is 0.183 e. The molecule has 0 atom stereocenters. The van der Waals surface area contributed by atoms with E-state index in [-0.39, 0.29) is 5.82 Å². The number of benzene rings is 1. The number of halogens is 1. The van der Waals surface area contributed by atoms with Gasteiger partial charge in [-0.05, 0) is 31.9 Å². The van der Waals surface area contributed by atoms with Gasteiger partial charge >= 0.3 is 0 Å². The fraction of sp³-hybridized carbons (Fsp3) is 0.308. The number of hydrogen-bond donors (Lipinski definition) is 1. The van der Waals surface area contributed by atoms with Crippen LogP contribution in [0.4, 0.5) is 9.52 Å². The number of thiazole rings is 1. The third kappa shape index (κ3) is 2.31. The van der Waals surface area contributed by atoms with Crippen molar-refractivity contribution in [1.82, 2.24) is 4.98 Å². The maximum atomic E-state index is 13.2. The topological polar surface area (TPSA) is 24.9 Å². The first-order chi connectivity index (χ1) is 8.22. The molecule has 3 rings (SSSR count). The monoisotopic (exact) mass is 248 g/mol. The van der Waals surface area contributed by atoms with Crippen molar-refractivity contribution in [3.05, 3.63) is 35.0 Å². The highest BCUT2D eigenvalue weighted by Gasteiger charge is 2.22. The second-order valence-electron chi connectivity index (χ2n) is 4.35. The average Bonchev–Trinajstić information content (AvgIpc) is 3.01. The Morgan fingerprint density at radius 2 is 2.24 bits per heavy atom. The van der Waals surface area contributed by atoms with Crippen molar-refractivity contribution in [2.45, 2.75) is 25.8 Å². The smallest absolute Gasteiger partial charge is 0.183 e. The Kier molecular flexibility index (Phi) is 2.59. The van der Waals surface area contributed by atoms with E-state index in [1.165, 1.54) is 25.0 Å². The fourth-order valence-corrected chi connectivity index (χ4v) is 2.68. The fourth-order valence-electron chi connectivity index (χ4n) is 1.76. The van der Waals surface area contributed by atoms with E-state index >= 15 is 0 Å². The van der Waals surface area contributed by atoms with Crippen molar-refractivity contribution in [2.75, 3.05) is 5.32 Å². The molecule has 17 heavy (non-hydrogen) atoms. The van der Waals surface area contributed by atoms with Crippen molar-refractivity contribution < 1.29 is 4.39 Å². The molecular weight excluding hydrogens is 235 g/mol. The van der Waals surface area contributed by atoms with Crippen molar-refractivity contribution in [1.29, 1.82) is 0 Å². The largest absolute Gasteiger partial charge is 0.359 e. The highest BCUT2D eigenvalue weighted by Crippen LogP contribution is 2.33. The van der Waals surface area contributed by atoms with Crippen LogP contribution >= 0.6 is 11.3 Å².